The summed E-state index contributed by atoms with van der Waals surface area (Å²) in [4.78, 5) is 16.1. The lowest BCUT2D eigenvalue weighted by Gasteiger charge is -2.08. The van der Waals surface area contributed by atoms with E-state index < -0.39 is 0 Å². The van der Waals surface area contributed by atoms with Gasteiger partial charge in [0.25, 0.3) is 5.91 Å². The molecule has 5 nitrogen and oxygen atoms in total. The summed E-state index contributed by atoms with van der Waals surface area (Å²) >= 11 is 13.3. The third-order valence-corrected chi connectivity index (χ3v) is 4.22. The Kier molecular flexibility index (Phi) is 7.11. The molecule has 1 amide bonds. The maximum atomic E-state index is 11.7. The van der Waals surface area contributed by atoms with E-state index in [4.69, 9.17) is 32.7 Å². The molecule has 0 aliphatic rings. The Hall–Kier alpha value is -1.34. The first-order valence-electron chi connectivity index (χ1n) is 6.85. The molecular formula is C15H16Cl2N2O3S. The van der Waals surface area contributed by atoms with Crippen molar-refractivity contribution in [2.45, 2.75) is 13.0 Å². The number of methoxy groups -OCH3 is 1. The summed E-state index contributed by atoms with van der Waals surface area (Å²) in [7, 11) is 1.63. The molecule has 0 bridgehead atoms. The number of hydrogen-bond donors (Lipinski definition) is 1. The predicted molar refractivity (Wildman–Crippen MR) is 91.5 cm³/mol. The van der Waals surface area contributed by atoms with Crippen LogP contribution in [0.3, 0.4) is 0 Å². The highest BCUT2D eigenvalue weighted by Gasteiger charge is 2.07. The molecule has 1 N–H and O–H groups in total. The molecule has 0 atom stereocenters. The van der Waals surface area contributed by atoms with Crippen molar-refractivity contribution in [3.8, 4) is 5.75 Å². The van der Waals surface area contributed by atoms with Crippen LogP contribution in [0.5, 0.6) is 5.75 Å². The predicted octanol–water partition coefficient (Wildman–Crippen LogP) is 3.33. The van der Waals surface area contributed by atoms with Crippen LogP contribution in [-0.4, -0.2) is 31.2 Å². The van der Waals surface area contributed by atoms with E-state index in [1.54, 1.807) is 36.6 Å². The van der Waals surface area contributed by atoms with Crippen LogP contribution in [0, 0.1) is 0 Å². The van der Waals surface area contributed by atoms with Crippen LogP contribution in [0.2, 0.25) is 10.0 Å². The molecule has 0 aliphatic heterocycles. The van der Waals surface area contributed by atoms with Crippen molar-refractivity contribution in [2.24, 2.45) is 0 Å². The summed E-state index contributed by atoms with van der Waals surface area (Å²) in [5.41, 5.74) is 0.934. The quantitative estimate of drug-likeness (QED) is 0.769. The summed E-state index contributed by atoms with van der Waals surface area (Å²) in [6, 6.07) is 4.85. The van der Waals surface area contributed by atoms with Crippen LogP contribution in [0.1, 0.15) is 10.7 Å². The van der Waals surface area contributed by atoms with Gasteiger partial charge in [-0.05, 0) is 18.2 Å². The lowest BCUT2D eigenvalue weighted by molar-refractivity contribution is -0.123. The van der Waals surface area contributed by atoms with E-state index in [9.17, 15) is 4.79 Å². The van der Waals surface area contributed by atoms with E-state index in [2.05, 4.69) is 10.3 Å². The fraction of sp³-hybridized carbons (Fsp3) is 0.333. The van der Waals surface area contributed by atoms with Crippen LogP contribution in [0.15, 0.2) is 23.6 Å². The molecule has 0 radical (unpaired) electrons. The lowest BCUT2D eigenvalue weighted by atomic mass is 10.3. The summed E-state index contributed by atoms with van der Waals surface area (Å²) in [6.45, 7) is 0.896. The molecule has 0 spiro atoms. The fourth-order valence-corrected chi connectivity index (χ4v) is 3.03. The molecule has 0 fully saturated rings. The second kappa shape index (κ2) is 9.08. The first-order valence-corrected chi connectivity index (χ1v) is 8.49. The molecule has 1 aromatic heterocycles. The zero-order valence-electron chi connectivity index (χ0n) is 12.5. The molecule has 0 unspecified atom stereocenters. The number of thiazole rings is 1. The Bertz CT molecular complexity index is 664. The number of carbonyl (C=O) groups is 1. The first kappa shape index (κ1) is 18.0. The maximum absolute atomic E-state index is 11.7. The van der Waals surface area contributed by atoms with Crippen LogP contribution >= 0.6 is 34.5 Å². The first-order chi connectivity index (χ1) is 11.1. The summed E-state index contributed by atoms with van der Waals surface area (Å²) in [5.74, 6) is 0.207. The van der Waals surface area contributed by atoms with Gasteiger partial charge in [-0.25, -0.2) is 4.98 Å². The van der Waals surface area contributed by atoms with Crippen molar-refractivity contribution in [1.29, 1.82) is 0 Å². The Morgan fingerprint density at radius 2 is 2.22 bits per heavy atom. The molecule has 0 saturated heterocycles. The smallest absolute Gasteiger partial charge is 0.257 e. The average Bonchev–Trinajstić information content (AvgIpc) is 2.94. The van der Waals surface area contributed by atoms with Gasteiger partial charge in [-0.2, -0.15) is 0 Å². The highest BCUT2D eigenvalue weighted by molar-refractivity contribution is 7.09. The van der Waals surface area contributed by atoms with Gasteiger partial charge in [-0.3, -0.25) is 4.79 Å². The number of amides is 1. The van der Waals surface area contributed by atoms with Crippen molar-refractivity contribution in [1.82, 2.24) is 10.3 Å². The minimum Gasteiger partial charge on any atom is -0.482 e. The molecular weight excluding hydrogens is 359 g/mol. The molecule has 1 heterocycles. The number of hydrogen-bond acceptors (Lipinski definition) is 5. The van der Waals surface area contributed by atoms with Crippen molar-refractivity contribution < 1.29 is 14.3 Å². The highest BCUT2D eigenvalue weighted by Crippen LogP contribution is 2.27. The molecule has 1 aromatic carbocycles. The monoisotopic (exact) mass is 374 g/mol. The molecule has 23 heavy (non-hydrogen) atoms. The summed E-state index contributed by atoms with van der Waals surface area (Å²) < 4.78 is 10.4. The van der Waals surface area contributed by atoms with Gasteiger partial charge >= 0.3 is 0 Å². The van der Waals surface area contributed by atoms with E-state index in [0.717, 1.165) is 10.7 Å². The highest BCUT2D eigenvalue weighted by atomic mass is 35.5. The van der Waals surface area contributed by atoms with E-state index in [1.165, 1.54) is 0 Å². The molecule has 0 aliphatic carbocycles. The van der Waals surface area contributed by atoms with Gasteiger partial charge in [0.1, 0.15) is 10.8 Å². The Morgan fingerprint density at radius 3 is 2.96 bits per heavy atom. The third-order valence-electron chi connectivity index (χ3n) is 2.82. The van der Waals surface area contributed by atoms with Crippen molar-refractivity contribution in [3.63, 3.8) is 0 Å². The number of halogens is 2. The molecule has 2 rings (SSSR count). The van der Waals surface area contributed by atoms with E-state index in [1.807, 2.05) is 5.38 Å². The number of benzene rings is 1. The van der Waals surface area contributed by atoms with Crippen molar-refractivity contribution >= 4 is 40.4 Å². The van der Waals surface area contributed by atoms with Gasteiger partial charge in [0, 0.05) is 30.5 Å². The molecule has 0 saturated carbocycles. The van der Waals surface area contributed by atoms with Crippen LogP contribution in [0.25, 0.3) is 0 Å². The number of ether oxygens (including phenoxy) is 2. The van der Waals surface area contributed by atoms with Gasteiger partial charge in [0.2, 0.25) is 0 Å². The SMILES string of the molecule is COCc1nc(CCNC(=O)COc2ccc(Cl)cc2Cl)cs1. The number of aromatic nitrogens is 1. The second-order valence-corrected chi connectivity index (χ2v) is 6.42. The van der Waals surface area contributed by atoms with Gasteiger partial charge < -0.3 is 14.8 Å². The largest absolute Gasteiger partial charge is 0.482 e. The maximum Gasteiger partial charge on any atom is 0.257 e. The Labute approximate surface area is 148 Å². The minimum absolute atomic E-state index is 0.104. The number of carbonyl (C=O) groups excluding carboxylic acids is 1. The van der Waals surface area contributed by atoms with Crippen molar-refractivity contribution in [2.75, 3.05) is 20.3 Å². The lowest BCUT2D eigenvalue weighted by Crippen LogP contribution is -2.30. The van der Waals surface area contributed by atoms with Crippen LogP contribution in [0.4, 0.5) is 0 Å². The van der Waals surface area contributed by atoms with E-state index in [-0.39, 0.29) is 12.5 Å². The van der Waals surface area contributed by atoms with Crippen LogP contribution < -0.4 is 10.1 Å². The van der Waals surface area contributed by atoms with Crippen LogP contribution in [-0.2, 0) is 22.6 Å². The molecule has 8 heteroatoms. The Balaban J connectivity index is 1.70. The fourth-order valence-electron chi connectivity index (χ4n) is 1.77. The number of nitrogens with zero attached hydrogens (tertiary/aromatic N) is 1. The standard InChI is InChI=1S/C15H16Cl2N2O3S/c1-21-8-15-19-11(9-23-15)4-5-18-14(20)7-22-13-3-2-10(16)6-12(13)17/h2-3,6,9H,4-5,7-8H2,1H3,(H,18,20). The van der Waals surface area contributed by atoms with Gasteiger partial charge in [-0.1, -0.05) is 23.2 Å². The third kappa shape index (κ3) is 5.99. The minimum atomic E-state index is -0.219. The van der Waals surface area contributed by atoms with Gasteiger partial charge in [-0.15, -0.1) is 11.3 Å². The van der Waals surface area contributed by atoms with E-state index >= 15 is 0 Å². The average molecular weight is 375 g/mol. The topological polar surface area (TPSA) is 60.5 Å². The summed E-state index contributed by atoms with van der Waals surface area (Å²) in [6.07, 6.45) is 0.660. The molecule has 2 aromatic rings. The normalized spacial score (nSPS) is 10.6. The van der Waals surface area contributed by atoms with Crippen molar-refractivity contribution in [3.05, 3.63) is 44.3 Å². The zero-order valence-corrected chi connectivity index (χ0v) is 14.8. The number of rotatable bonds is 8. The summed E-state index contributed by atoms with van der Waals surface area (Å²) in [5, 5.41) is 6.55. The van der Waals surface area contributed by atoms with E-state index in [0.29, 0.717) is 35.4 Å². The van der Waals surface area contributed by atoms with Gasteiger partial charge in [0.05, 0.1) is 17.3 Å². The second-order valence-electron chi connectivity index (χ2n) is 4.63. The Morgan fingerprint density at radius 1 is 1.39 bits per heavy atom. The van der Waals surface area contributed by atoms with Gasteiger partial charge in [0.15, 0.2) is 6.61 Å². The number of nitrogens with one attached hydrogen (secondary N) is 1. The zero-order chi connectivity index (χ0) is 16.7. The molecule has 124 valence electrons.